The maximum atomic E-state index is 11.5. The van der Waals surface area contributed by atoms with Crippen LogP contribution in [0.2, 0.25) is 0 Å². The van der Waals surface area contributed by atoms with Crippen LogP contribution in [0.25, 0.3) is 0 Å². The van der Waals surface area contributed by atoms with E-state index in [1.165, 1.54) is 20.4 Å². The first-order valence-corrected chi connectivity index (χ1v) is 7.54. The lowest BCUT2D eigenvalue weighted by Crippen LogP contribution is -2.22. The number of rotatable bonds is 4. The van der Waals surface area contributed by atoms with Gasteiger partial charge in [-0.3, -0.25) is 0 Å². The number of halogens is 3. The molecule has 6 nitrogen and oxygen atoms in total. The second kappa shape index (κ2) is 8.47. The minimum Gasteiger partial charge on any atom is -0.465 e. The molecular formula is C12H11Cl3N2O4S. The number of alkyl halides is 3. The molecule has 0 saturated carbocycles. The fourth-order valence-electron chi connectivity index (χ4n) is 1.23. The molecule has 0 N–H and O–H groups in total. The third-order valence-corrected chi connectivity index (χ3v) is 3.41. The van der Waals surface area contributed by atoms with Crippen molar-refractivity contribution >= 4 is 65.0 Å². The minimum absolute atomic E-state index is 0.389. The van der Waals surface area contributed by atoms with Gasteiger partial charge in [-0.1, -0.05) is 46.9 Å². The molecule has 0 bridgehead atoms. The highest BCUT2D eigenvalue weighted by Gasteiger charge is 2.29. The van der Waals surface area contributed by atoms with Crippen LogP contribution in [-0.4, -0.2) is 40.0 Å². The van der Waals surface area contributed by atoms with E-state index >= 15 is 0 Å². The molecule has 10 heteroatoms. The van der Waals surface area contributed by atoms with E-state index in [2.05, 4.69) is 14.6 Å². The lowest BCUT2D eigenvalue weighted by Gasteiger charge is -2.18. The molecule has 1 rings (SSSR count). The highest BCUT2D eigenvalue weighted by atomic mass is 35.6. The van der Waals surface area contributed by atoms with E-state index in [1.54, 1.807) is 24.3 Å². The van der Waals surface area contributed by atoms with Crippen molar-refractivity contribution in [2.75, 3.05) is 14.2 Å². The minimum atomic E-state index is -1.78. The molecule has 0 heterocycles. The molecule has 0 aliphatic heterocycles. The summed E-state index contributed by atoms with van der Waals surface area (Å²) in [7, 11) is 2.47. The summed E-state index contributed by atoms with van der Waals surface area (Å²) in [5.41, 5.74) is 1.01. The van der Waals surface area contributed by atoms with E-state index in [1.807, 2.05) is 0 Å². The van der Waals surface area contributed by atoms with Crippen LogP contribution in [-0.2, 0) is 9.47 Å². The van der Waals surface area contributed by atoms with E-state index in [-0.39, 0.29) is 0 Å². The van der Waals surface area contributed by atoms with Crippen molar-refractivity contribution in [3.05, 3.63) is 35.4 Å². The predicted octanol–water partition coefficient (Wildman–Crippen LogP) is 3.85. The molecule has 0 aromatic heterocycles. The molecule has 0 fully saturated rings. The van der Waals surface area contributed by atoms with Crippen molar-refractivity contribution in [2.24, 2.45) is 5.10 Å². The highest BCUT2D eigenvalue weighted by Crippen LogP contribution is 2.41. The van der Waals surface area contributed by atoms with Crippen molar-refractivity contribution in [1.82, 2.24) is 4.41 Å². The van der Waals surface area contributed by atoms with Gasteiger partial charge in [-0.25, -0.2) is 9.59 Å². The second-order valence-corrected chi connectivity index (χ2v) is 7.73. The number of hydrogen-bond donors (Lipinski definition) is 0. The number of hydrazone groups is 1. The van der Waals surface area contributed by atoms with Crippen LogP contribution in [0, 0.1) is 0 Å². The van der Waals surface area contributed by atoms with Crippen LogP contribution in [0.5, 0.6) is 0 Å². The Balaban J connectivity index is 2.86. The van der Waals surface area contributed by atoms with E-state index in [0.29, 0.717) is 23.1 Å². The summed E-state index contributed by atoms with van der Waals surface area (Å²) in [6.45, 7) is 0. The molecule has 0 atom stereocenters. The largest absolute Gasteiger partial charge is 0.465 e. The third kappa shape index (κ3) is 6.31. The van der Waals surface area contributed by atoms with Gasteiger partial charge in [0.1, 0.15) is 0 Å². The Morgan fingerprint density at radius 2 is 1.77 bits per heavy atom. The van der Waals surface area contributed by atoms with Gasteiger partial charge in [-0.15, -0.1) is 4.41 Å². The molecule has 120 valence electrons. The van der Waals surface area contributed by atoms with E-state index < -0.39 is 15.2 Å². The molecule has 0 unspecified atom stereocenters. The predicted molar refractivity (Wildman–Crippen MR) is 87.5 cm³/mol. The van der Waals surface area contributed by atoms with Crippen molar-refractivity contribution in [3.8, 4) is 0 Å². The van der Waals surface area contributed by atoms with Gasteiger partial charge in [-0.05, 0) is 17.7 Å². The summed E-state index contributed by atoms with van der Waals surface area (Å²) in [6, 6.07) is 6.34. The summed E-state index contributed by atoms with van der Waals surface area (Å²) in [5.74, 6) is -0.452. The summed E-state index contributed by atoms with van der Waals surface area (Å²) >= 11 is 17.4. The van der Waals surface area contributed by atoms with E-state index in [9.17, 15) is 9.59 Å². The number of nitrogens with zero attached hydrogens (tertiary/aromatic N) is 2. The molecule has 0 spiro atoms. The number of amides is 1. The zero-order valence-electron chi connectivity index (χ0n) is 11.5. The Morgan fingerprint density at radius 1 is 1.18 bits per heavy atom. The van der Waals surface area contributed by atoms with Gasteiger partial charge in [0.25, 0.3) is 3.12 Å². The molecule has 1 amide bonds. The average molecular weight is 386 g/mol. The lowest BCUT2D eigenvalue weighted by molar-refractivity contribution is 0.0600. The topological polar surface area (TPSA) is 68.2 Å². The first kappa shape index (κ1) is 18.9. The van der Waals surface area contributed by atoms with Gasteiger partial charge in [0, 0.05) is 11.9 Å². The van der Waals surface area contributed by atoms with Gasteiger partial charge < -0.3 is 9.47 Å². The number of hydrogen-bond acceptors (Lipinski definition) is 6. The van der Waals surface area contributed by atoms with Gasteiger partial charge >= 0.3 is 12.1 Å². The van der Waals surface area contributed by atoms with Gasteiger partial charge in [0.05, 0.1) is 26.0 Å². The van der Waals surface area contributed by atoms with Crippen LogP contribution in [0.4, 0.5) is 4.79 Å². The fourth-order valence-corrected chi connectivity index (χ4v) is 2.25. The Hall–Kier alpha value is -1.15. The zero-order chi connectivity index (χ0) is 16.8. The SMILES string of the molecule is COC(=O)c1ccc(C=NN(SC(Cl)(Cl)Cl)C(=O)OC)cc1. The van der Waals surface area contributed by atoms with Gasteiger partial charge in [0.2, 0.25) is 0 Å². The normalized spacial score (nSPS) is 11.3. The first-order valence-electron chi connectivity index (χ1n) is 5.63. The van der Waals surface area contributed by atoms with E-state index in [0.717, 1.165) is 4.41 Å². The van der Waals surface area contributed by atoms with Crippen LogP contribution >= 0.6 is 46.8 Å². The molecule has 0 saturated heterocycles. The summed E-state index contributed by atoms with van der Waals surface area (Å²) in [4.78, 5) is 22.8. The summed E-state index contributed by atoms with van der Waals surface area (Å²) < 4.78 is 8.13. The van der Waals surface area contributed by atoms with Crippen LogP contribution in [0.3, 0.4) is 0 Å². The Labute approximate surface area is 146 Å². The number of ether oxygens (including phenoxy) is 2. The molecule has 1 aromatic carbocycles. The standard InChI is InChI=1S/C12H11Cl3N2O4S/c1-20-10(18)9-5-3-8(4-6-9)7-16-17(11(19)21-2)22-12(13,14)15/h3-7H,1-2H3. The van der Waals surface area contributed by atoms with Crippen molar-refractivity contribution < 1.29 is 19.1 Å². The smallest absolute Gasteiger partial charge is 0.440 e. The van der Waals surface area contributed by atoms with Crippen LogP contribution < -0.4 is 0 Å². The highest BCUT2D eigenvalue weighted by molar-refractivity contribution is 8.03. The molecule has 22 heavy (non-hydrogen) atoms. The van der Waals surface area contributed by atoms with Crippen molar-refractivity contribution in [3.63, 3.8) is 0 Å². The number of methoxy groups -OCH3 is 2. The second-order valence-electron chi connectivity index (χ2n) is 3.64. The fraction of sp³-hybridized carbons (Fsp3) is 0.250. The molecule has 0 aliphatic carbocycles. The molecule has 1 aromatic rings. The molecule has 0 radical (unpaired) electrons. The number of esters is 1. The third-order valence-electron chi connectivity index (χ3n) is 2.16. The van der Waals surface area contributed by atoms with Gasteiger partial charge in [-0.2, -0.15) is 5.10 Å². The lowest BCUT2D eigenvalue weighted by atomic mass is 10.1. The van der Waals surface area contributed by atoms with Crippen molar-refractivity contribution in [2.45, 2.75) is 3.12 Å². The number of carbonyl (C=O) groups is 2. The zero-order valence-corrected chi connectivity index (χ0v) is 14.5. The molecule has 0 aliphatic rings. The summed E-state index contributed by atoms with van der Waals surface area (Å²) in [5, 5.41) is 3.87. The van der Waals surface area contributed by atoms with Crippen LogP contribution in [0.1, 0.15) is 15.9 Å². The van der Waals surface area contributed by atoms with Gasteiger partial charge in [0.15, 0.2) is 0 Å². The first-order chi connectivity index (χ1) is 10.3. The quantitative estimate of drug-likeness (QED) is 0.259. The summed E-state index contributed by atoms with van der Waals surface area (Å²) in [6.07, 6.45) is 0.542. The molecular weight excluding hydrogens is 375 g/mol. The van der Waals surface area contributed by atoms with Crippen LogP contribution in [0.15, 0.2) is 29.4 Å². The maximum absolute atomic E-state index is 11.5. The average Bonchev–Trinajstić information content (AvgIpc) is 2.49. The Bertz CT molecular complexity index is 560. The number of benzene rings is 1. The number of carbonyl (C=O) groups excluding carboxylic acids is 2. The maximum Gasteiger partial charge on any atom is 0.440 e. The van der Waals surface area contributed by atoms with Crippen molar-refractivity contribution in [1.29, 1.82) is 0 Å². The Morgan fingerprint density at radius 3 is 2.23 bits per heavy atom. The Kier molecular flexibility index (Phi) is 7.28. The monoisotopic (exact) mass is 384 g/mol. The van der Waals surface area contributed by atoms with E-state index in [4.69, 9.17) is 34.8 Å².